The third-order valence-electron chi connectivity index (χ3n) is 2.92. The Kier molecular flexibility index (Phi) is 5.42. The van der Waals surface area contributed by atoms with Crippen LogP contribution in [-0.4, -0.2) is 18.3 Å². The maximum absolute atomic E-state index is 12.0. The average Bonchev–Trinajstić information content (AvgIpc) is 2.34. The summed E-state index contributed by atoms with van der Waals surface area (Å²) in [4.78, 5) is 13.8. The molecule has 0 radical (unpaired) electrons. The van der Waals surface area contributed by atoms with Crippen LogP contribution in [0.1, 0.15) is 46.1 Å². The van der Waals surface area contributed by atoms with Gasteiger partial charge in [-0.1, -0.05) is 46.8 Å². The minimum absolute atomic E-state index is 0.0159. The van der Waals surface area contributed by atoms with Gasteiger partial charge in [0.05, 0.1) is 0 Å². The molecule has 0 saturated carbocycles. The van der Waals surface area contributed by atoms with Gasteiger partial charge in [-0.05, 0) is 29.0 Å². The second kappa shape index (κ2) is 6.42. The highest BCUT2D eigenvalue weighted by Gasteiger charge is 2.21. The molecule has 0 heterocycles. The lowest BCUT2D eigenvalue weighted by atomic mass is 9.95. The topological polar surface area (TPSA) is 20.3 Å². The lowest BCUT2D eigenvalue weighted by Gasteiger charge is -2.30. The van der Waals surface area contributed by atoms with Crippen LogP contribution in [-0.2, 0) is 4.79 Å². The molecule has 106 valence electrons. The number of rotatable bonds is 4. The van der Waals surface area contributed by atoms with E-state index >= 15 is 0 Å². The number of anilines is 1. The van der Waals surface area contributed by atoms with Crippen LogP contribution in [0.4, 0.5) is 5.69 Å². The average molecular weight is 282 g/mol. The Hall–Kier alpha value is -1.02. The molecule has 0 aliphatic rings. The monoisotopic (exact) mass is 281 g/mol. The van der Waals surface area contributed by atoms with Crippen molar-refractivity contribution in [1.82, 2.24) is 0 Å². The molecule has 2 nitrogen and oxygen atoms in total. The standard InChI is InChI=1S/C16H24ClNO/c1-12(2)13-6-8-14(9-7-13)18(15(19)10-17)11-16(3,4)5/h6-9,12H,10-11H2,1-5H3. The van der Waals surface area contributed by atoms with Crippen molar-refractivity contribution in [3.63, 3.8) is 0 Å². The number of hydrogen-bond acceptors (Lipinski definition) is 1. The molecule has 1 amide bonds. The molecule has 0 fully saturated rings. The molecule has 1 rings (SSSR count). The van der Waals surface area contributed by atoms with Crippen molar-refractivity contribution >= 4 is 23.2 Å². The fourth-order valence-electron chi connectivity index (χ4n) is 1.91. The van der Waals surface area contributed by atoms with Crippen molar-refractivity contribution in [3.05, 3.63) is 29.8 Å². The molecule has 0 spiro atoms. The Labute approximate surface area is 121 Å². The van der Waals surface area contributed by atoms with E-state index in [1.54, 1.807) is 4.90 Å². The van der Waals surface area contributed by atoms with Crippen molar-refractivity contribution in [2.45, 2.75) is 40.5 Å². The predicted octanol–water partition coefficient (Wildman–Crippen LogP) is 4.43. The van der Waals surface area contributed by atoms with E-state index in [2.05, 4.69) is 46.8 Å². The van der Waals surface area contributed by atoms with Crippen molar-refractivity contribution in [3.8, 4) is 0 Å². The Morgan fingerprint density at radius 1 is 1.21 bits per heavy atom. The summed E-state index contributed by atoms with van der Waals surface area (Å²) in [5.41, 5.74) is 2.24. The lowest BCUT2D eigenvalue weighted by Crippen LogP contribution is -2.38. The first-order valence-electron chi connectivity index (χ1n) is 6.71. The molecular formula is C16H24ClNO. The summed E-state index contributed by atoms with van der Waals surface area (Å²) in [7, 11) is 0. The quantitative estimate of drug-likeness (QED) is 0.748. The van der Waals surface area contributed by atoms with Gasteiger partial charge in [0, 0.05) is 12.2 Å². The Morgan fingerprint density at radius 2 is 1.74 bits per heavy atom. The molecule has 19 heavy (non-hydrogen) atoms. The molecule has 0 N–H and O–H groups in total. The van der Waals surface area contributed by atoms with Gasteiger partial charge in [-0.25, -0.2) is 0 Å². The molecule has 0 aliphatic heterocycles. The van der Waals surface area contributed by atoms with Crippen LogP contribution in [0.25, 0.3) is 0 Å². The zero-order valence-electron chi connectivity index (χ0n) is 12.5. The number of halogens is 1. The maximum Gasteiger partial charge on any atom is 0.241 e. The van der Waals surface area contributed by atoms with Crippen LogP contribution in [0.5, 0.6) is 0 Å². The first-order chi connectivity index (χ1) is 8.74. The van der Waals surface area contributed by atoms with E-state index < -0.39 is 0 Å². The summed E-state index contributed by atoms with van der Waals surface area (Å²) >= 11 is 5.72. The minimum Gasteiger partial charge on any atom is -0.311 e. The van der Waals surface area contributed by atoms with Crippen LogP contribution < -0.4 is 4.90 Å². The number of hydrogen-bond donors (Lipinski definition) is 0. The number of carbonyl (C=O) groups excluding carboxylic acids is 1. The lowest BCUT2D eigenvalue weighted by molar-refractivity contribution is -0.116. The number of benzene rings is 1. The van der Waals surface area contributed by atoms with Gasteiger partial charge in [-0.2, -0.15) is 0 Å². The van der Waals surface area contributed by atoms with Gasteiger partial charge in [0.1, 0.15) is 5.88 Å². The van der Waals surface area contributed by atoms with Crippen molar-refractivity contribution in [2.75, 3.05) is 17.3 Å². The van der Waals surface area contributed by atoms with Gasteiger partial charge < -0.3 is 4.90 Å². The van der Waals surface area contributed by atoms with Gasteiger partial charge in [-0.3, -0.25) is 4.79 Å². The highest BCUT2D eigenvalue weighted by Crippen LogP contribution is 2.24. The van der Waals surface area contributed by atoms with Crippen molar-refractivity contribution in [1.29, 1.82) is 0 Å². The largest absolute Gasteiger partial charge is 0.311 e. The molecule has 1 aromatic rings. The van der Waals surface area contributed by atoms with Crippen molar-refractivity contribution in [2.24, 2.45) is 5.41 Å². The molecule has 0 unspecified atom stereocenters. The van der Waals surface area contributed by atoms with Gasteiger partial charge in [-0.15, -0.1) is 11.6 Å². The smallest absolute Gasteiger partial charge is 0.241 e. The molecule has 0 atom stereocenters. The van der Waals surface area contributed by atoms with Gasteiger partial charge in [0.2, 0.25) is 5.91 Å². The van der Waals surface area contributed by atoms with Crippen LogP contribution in [0.2, 0.25) is 0 Å². The van der Waals surface area contributed by atoms with Gasteiger partial charge in [0.15, 0.2) is 0 Å². The van der Waals surface area contributed by atoms with Gasteiger partial charge >= 0.3 is 0 Å². The first kappa shape index (κ1) is 16.0. The SMILES string of the molecule is CC(C)c1ccc(N(CC(C)(C)C)C(=O)CCl)cc1. The zero-order valence-corrected chi connectivity index (χ0v) is 13.3. The number of alkyl halides is 1. The molecule has 0 aliphatic carbocycles. The molecule has 0 saturated heterocycles. The van der Waals surface area contributed by atoms with E-state index in [1.807, 2.05) is 12.1 Å². The number of nitrogens with zero attached hydrogens (tertiary/aromatic N) is 1. The van der Waals surface area contributed by atoms with E-state index in [9.17, 15) is 4.79 Å². The van der Waals surface area contributed by atoms with Crippen LogP contribution in [0.15, 0.2) is 24.3 Å². The first-order valence-corrected chi connectivity index (χ1v) is 7.24. The summed E-state index contributed by atoms with van der Waals surface area (Å²) in [6.45, 7) is 11.3. The van der Waals surface area contributed by atoms with Crippen LogP contribution >= 0.6 is 11.6 Å². The Bertz CT molecular complexity index is 417. The van der Waals surface area contributed by atoms with E-state index in [-0.39, 0.29) is 17.2 Å². The van der Waals surface area contributed by atoms with Crippen molar-refractivity contribution < 1.29 is 4.79 Å². The molecule has 0 bridgehead atoms. The fourth-order valence-corrected chi connectivity index (χ4v) is 2.05. The Morgan fingerprint density at radius 3 is 2.11 bits per heavy atom. The molecular weight excluding hydrogens is 258 g/mol. The second-order valence-corrected chi connectivity index (χ2v) is 6.69. The zero-order chi connectivity index (χ0) is 14.6. The normalized spacial score (nSPS) is 11.7. The second-order valence-electron chi connectivity index (χ2n) is 6.42. The van der Waals surface area contributed by atoms with E-state index in [0.717, 1.165) is 5.69 Å². The minimum atomic E-state index is -0.0473. The summed E-state index contributed by atoms with van der Waals surface area (Å²) in [6.07, 6.45) is 0. The third-order valence-corrected chi connectivity index (χ3v) is 3.15. The van der Waals surface area contributed by atoms with Gasteiger partial charge in [0.25, 0.3) is 0 Å². The highest BCUT2D eigenvalue weighted by atomic mass is 35.5. The van der Waals surface area contributed by atoms with E-state index in [0.29, 0.717) is 12.5 Å². The Balaban J connectivity index is 3.00. The van der Waals surface area contributed by atoms with E-state index in [1.165, 1.54) is 5.56 Å². The third kappa shape index (κ3) is 4.87. The maximum atomic E-state index is 12.0. The fraction of sp³-hybridized carbons (Fsp3) is 0.562. The summed E-state index contributed by atoms with van der Waals surface area (Å²) < 4.78 is 0. The molecule has 0 aromatic heterocycles. The van der Waals surface area contributed by atoms with E-state index in [4.69, 9.17) is 11.6 Å². The summed E-state index contributed by atoms with van der Waals surface area (Å²) in [5, 5.41) is 0. The number of amides is 1. The van der Waals surface area contributed by atoms with Crippen LogP contribution in [0, 0.1) is 5.41 Å². The summed E-state index contributed by atoms with van der Waals surface area (Å²) in [5.74, 6) is 0.463. The molecule has 3 heteroatoms. The highest BCUT2D eigenvalue weighted by molar-refractivity contribution is 6.29. The molecule has 1 aromatic carbocycles. The summed E-state index contributed by atoms with van der Waals surface area (Å²) in [6, 6.07) is 8.17. The van der Waals surface area contributed by atoms with Crippen LogP contribution in [0.3, 0.4) is 0 Å². The predicted molar refractivity (Wildman–Crippen MR) is 83.1 cm³/mol. The number of carbonyl (C=O) groups is 1.